The number of hydrogen-bond donors (Lipinski definition) is 1. The van der Waals surface area contributed by atoms with E-state index in [1.807, 2.05) is 10.6 Å². The van der Waals surface area contributed by atoms with Gasteiger partial charge < -0.3 is 10.3 Å². The first-order valence-corrected chi connectivity index (χ1v) is 7.85. The van der Waals surface area contributed by atoms with E-state index in [-0.39, 0.29) is 5.56 Å². The number of nitrogens with two attached hydrogens (primary N) is 1. The number of benzene rings is 1. The molecule has 0 saturated heterocycles. The minimum atomic E-state index is -1.21. The second-order valence-electron chi connectivity index (χ2n) is 6.20. The zero-order valence-electron chi connectivity index (χ0n) is 13.2. The highest BCUT2D eigenvalue weighted by Crippen LogP contribution is 2.33. The average molecular weight is 344 g/mol. The van der Waals surface area contributed by atoms with Crippen molar-refractivity contribution in [3.05, 3.63) is 65.5 Å². The summed E-state index contributed by atoms with van der Waals surface area (Å²) in [7, 11) is 0. The largest absolute Gasteiger partial charge is 0.326 e. The van der Waals surface area contributed by atoms with E-state index in [2.05, 4.69) is 16.5 Å². The standard InChI is InChI=1S/C18H15F3N4/c1-2-9-3-17-16(7-23-9)24-18-5-11(15(22)8-25(17)18)10-4-13(20)14(21)6-12(10)19/h2-4,6-7,11,15H,1,5,8,22H2/t11?,15-/m0/s1. The molecule has 0 bridgehead atoms. The van der Waals surface area contributed by atoms with Crippen molar-refractivity contribution in [1.82, 2.24) is 14.5 Å². The van der Waals surface area contributed by atoms with E-state index in [0.717, 1.165) is 17.3 Å². The fraction of sp³-hybridized carbons (Fsp3) is 0.222. The van der Waals surface area contributed by atoms with Crippen molar-refractivity contribution in [2.24, 2.45) is 5.73 Å². The third-order valence-electron chi connectivity index (χ3n) is 4.70. The third-order valence-corrected chi connectivity index (χ3v) is 4.70. The Labute approximate surface area is 141 Å². The Morgan fingerprint density at radius 2 is 1.92 bits per heavy atom. The van der Waals surface area contributed by atoms with Gasteiger partial charge in [-0.05, 0) is 23.8 Å². The Morgan fingerprint density at radius 3 is 2.68 bits per heavy atom. The van der Waals surface area contributed by atoms with E-state index in [1.54, 1.807) is 12.3 Å². The number of halogens is 3. The third kappa shape index (κ3) is 2.51. The highest BCUT2D eigenvalue weighted by molar-refractivity contribution is 5.77. The maximum absolute atomic E-state index is 14.2. The van der Waals surface area contributed by atoms with Gasteiger partial charge in [-0.3, -0.25) is 4.98 Å². The van der Waals surface area contributed by atoms with Crippen LogP contribution in [0.25, 0.3) is 17.1 Å². The summed E-state index contributed by atoms with van der Waals surface area (Å²) in [5.41, 5.74) is 8.62. The van der Waals surface area contributed by atoms with Crippen LogP contribution in [0, 0.1) is 17.5 Å². The SMILES string of the molecule is C=Cc1cc2c(cn1)nc1n2C[C@H](N)C(c2cc(F)c(F)cc2F)C1. The van der Waals surface area contributed by atoms with Crippen LogP contribution in [0.2, 0.25) is 0 Å². The predicted molar refractivity (Wildman–Crippen MR) is 88.4 cm³/mol. The number of rotatable bonds is 2. The summed E-state index contributed by atoms with van der Waals surface area (Å²) in [6.45, 7) is 4.10. The first kappa shape index (κ1) is 15.8. The van der Waals surface area contributed by atoms with Crippen molar-refractivity contribution in [2.75, 3.05) is 0 Å². The molecule has 0 spiro atoms. The molecule has 25 heavy (non-hydrogen) atoms. The highest BCUT2D eigenvalue weighted by Gasteiger charge is 2.32. The Hall–Kier alpha value is -2.67. The molecule has 0 fully saturated rings. The summed E-state index contributed by atoms with van der Waals surface area (Å²) in [6, 6.07) is 2.87. The first-order valence-electron chi connectivity index (χ1n) is 7.85. The Balaban J connectivity index is 1.79. The Kier molecular flexibility index (Phi) is 3.61. The molecule has 3 aromatic rings. The normalized spacial score (nSPS) is 19.8. The fourth-order valence-corrected chi connectivity index (χ4v) is 3.41. The first-order chi connectivity index (χ1) is 12.0. The molecule has 4 nitrogen and oxygen atoms in total. The molecule has 3 heterocycles. The minimum Gasteiger partial charge on any atom is -0.326 e. The van der Waals surface area contributed by atoms with Crippen LogP contribution in [-0.4, -0.2) is 20.6 Å². The summed E-state index contributed by atoms with van der Waals surface area (Å²) < 4.78 is 42.9. The molecule has 0 radical (unpaired) electrons. The lowest BCUT2D eigenvalue weighted by Gasteiger charge is -2.30. The van der Waals surface area contributed by atoms with E-state index in [9.17, 15) is 13.2 Å². The van der Waals surface area contributed by atoms with Gasteiger partial charge in [-0.25, -0.2) is 18.2 Å². The number of pyridine rings is 1. The fourth-order valence-electron chi connectivity index (χ4n) is 3.41. The molecule has 2 N–H and O–H groups in total. The molecule has 7 heteroatoms. The lowest BCUT2D eigenvalue weighted by Crippen LogP contribution is -2.39. The van der Waals surface area contributed by atoms with Crippen LogP contribution in [0.3, 0.4) is 0 Å². The monoisotopic (exact) mass is 344 g/mol. The van der Waals surface area contributed by atoms with Crippen LogP contribution in [-0.2, 0) is 13.0 Å². The van der Waals surface area contributed by atoms with Gasteiger partial charge >= 0.3 is 0 Å². The number of hydrogen-bond acceptors (Lipinski definition) is 3. The van der Waals surface area contributed by atoms with Gasteiger partial charge in [0.1, 0.15) is 17.2 Å². The second-order valence-corrected chi connectivity index (χ2v) is 6.20. The quantitative estimate of drug-likeness (QED) is 0.727. The maximum Gasteiger partial charge on any atom is 0.161 e. The molecule has 128 valence electrons. The van der Waals surface area contributed by atoms with Gasteiger partial charge in [-0.1, -0.05) is 6.58 Å². The molecular weight excluding hydrogens is 329 g/mol. The van der Waals surface area contributed by atoms with Gasteiger partial charge in [-0.2, -0.15) is 0 Å². The van der Waals surface area contributed by atoms with Crippen molar-refractivity contribution in [3.63, 3.8) is 0 Å². The van der Waals surface area contributed by atoms with Gasteiger partial charge in [0.25, 0.3) is 0 Å². The minimum absolute atomic E-state index is 0.0783. The lowest BCUT2D eigenvalue weighted by atomic mass is 9.86. The van der Waals surface area contributed by atoms with Crippen molar-refractivity contribution in [1.29, 1.82) is 0 Å². The smallest absolute Gasteiger partial charge is 0.161 e. The van der Waals surface area contributed by atoms with Crippen LogP contribution in [0.5, 0.6) is 0 Å². The van der Waals surface area contributed by atoms with Crippen molar-refractivity contribution >= 4 is 17.1 Å². The van der Waals surface area contributed by atoms with E-state index in [0.29, 0.717) is 30.4 Å². The van der Waals surface area contributed by atoms with Crippen molar-refractivity contribution in [2.45, 2.75) is 24.9 Å². The lowest BCUT2D eigenvalue weighted by molar-refractivity contribution is 0.392. The topological polar surface area (TPSA) is 56.7 Å². The molecule has 0 saturated carbocycles. The van der Waals surface area contributed by atoms with Gasteiger partial charge in [0, 0.05) is 31.0 Å². The molecule has 1 unspecified atom stereocenters. The molecule has 4 rings (SSSR count). The summed E-state index contributed by atoms with van der Waals surface area (Å²) in [5, 5.41) is 0. The van der Waals surface area contributed by atoms with Crippen LogP contribution < -0.4 is 5.73 Å². The molecule has 1 aliphatic rings. The van der Waals surface area contributed by atoms with Crippen molar-refractivity contribution in [3.8, 4) is 0 Å². The number of imidazole rings is 1. The van der Waals surface area contributed by atoms with Gasteiger partial charge in [0.2, 0.25) is 0 Å². The van der Waals surface area contributed by atoms with Gasteiger partial charge in [-0.15, -0.1) is 0 Å². The predicted octanol–water partition coefficient (Wildman–Crippen LogP) is 3.16. The van der Waals surface area contributed by atoms with Gasteiger partial charge in [0.05, 0.1) is 17.4 Å². The highest BCUT2D eigenvalue weighted by atomic mass is 19.2. The molecule has 2 atom stereocenters. The summed E-state index contributed by atoms with van der Waals surface area (Å²) in [4.78, 5) is 8.75. The number of fused-ring (bicyclic) bond motifs is 3. The zero-order valence-corrected chi connectivity index (χ0v) is 13.2. The van der Waals surface area contributed by atoms with Crippen molar-refractivity contribution < 1.29 is 13.2 Å². The summed E-state index contributed by atoms with van der Waals surface area (Å²) in [5.74, 6) is -2.84. The van der Waals surface area contributed by atoms with E-state index < -0.39 is 29.4 Å². The molecule has 1 aliphatic heterocycles. The Bertz CT molecular complexity index is 996. The van der Waals surface area contributed by atoms with Crippen LogP contribution >= 0.6 is 0 Å². The van der Waals surface area contributed by atoms with Crippen LogP contribution in [0.15, 0.2) is 31.0 Å². The number of nitrogens with zero attached hydrogens (tertiary/aromatic N) is 3. The number of aromatic nitrogens is 3. The summed E-state index contributed by atoms with van der Waals surface area (Å²) >= 11 is 0. The average Bonchev–Trinajstić information content (AvgIpc) is 2.94. The zero-order chi connectivity index (χ0) is 17.7. The molecule has 1 aromatic carbocycles. The van der Waals surface area contributed by atoms with Gasteiger partial charge in [0.15, 0.2) is 11.6 Å². The van der Waals surface area contributed by atoms with E-state index in [4.69, 9.17) is 5.73 Å². The molecule has 2 aromatic heterocycles. The van der Waals surface area contributed by atoms with Crippen LogP contribution in [0.1, 0.15) is 23.0 Å². The van der Waals surface area contributed by atoms with E-state index >= 15 is 0 Å². The molecule has 0 aliphatic carbocycles. The molecular formula is C18H15F3N4. The maximum atomic E-state index is 14.2. The van der Waals surface area contributed by atoms with E-state index in [1.165, 1.54) is 0 Å². The molecule has 0 amide bonds. The second kappa shape index (κ2) is 5.70. The summed E-state index contributed by atoms with van der Waals surface area (Å²) in [6.07, 6.45) is 3.62. The Morgan fingerprint density at radius 1 is 1.16 bits per heavy atom. The van der Waals surface area contributed by atoms with Crippen LogP contribution in [0.4, 0.5) is 13.2 Å².